The van der Waals surface area contributed by atoms with Crippen molar-refractivity contribution in [2.24, 2.45) is 5.73 Å². The number of nitrogens with two attached hydrogens (primary N) is 1. The number of rotatable bonds is 1. The second-order valence-electron chi connectivity index (χ2n) is 2.09. The average molecular weight is 180 g/mol. The third kappa shape index (κ3) is 0.928. The van der Waals surface area contributed by atoms with Gasteiger partial charge in [-0.1, -0.05) is 0 Å². The Bertz CT molecular complexity index is 438. The Morgan fingerprint density at radius 1 is 1.42 bits per heavy atom. The van der Waals surface area contributed by atoms with E-state index in [9.17, 15) is 4.79 Å². The Balaban J connectivity index is 2.82. The monoisotopic (exact) mass is 180 g/mol. The van der Waals surface area contributed by atoms with Crippen molar-refractivity contribution in [3.05, 3.63) is 17.5 Å². The third-order valence-electron chi connectivity index (χ3n) is 1.36. The number of carbonyl (C=O) groups excluding carboxylic acids is 1. The molecule has 0 aliphatic rings. The molecule has 2 aromatic heterocycles. The lowest BCUT2D eigenvalue weighted by molar-refractivity contribution is 0.0997. The Kier molecular flexibility index (Phi) is 1.47. The van der Waals surface area contributed by atoms with Crippen LogP contribution in [0.15, 0.2) is 11.8 Å². The van der Waals surface area contributed by atoms with Crippen molar-refractivity contribution in [1.82, 2.24) is 15.0 Å². The highest BCUT2D eigenvalue weighted by atomic mass is 32.1. The molecule has 0 fully saturated rings. The summed E-state index contributed by atoms with van der Waals surface area (Å²) in [6.07, 6.45) is 1.28. The molecule has 60 valence electrons. The molecule has 0 bridgehead atoms. The molecule has 0 saturated heterocycles. The smallest absolute Gasteiger partial charge is 0.268 e. The largest absolute Gasteiger partial charge is 0.364 e. The molecule has 0 aliphatic heterocycles. The first-order valence-corrected chi connectivity index (χ1v) is 4.01. The van der Waals surface area contributed by atoms with Gasteiger partial charge in [-0.25, -0.2) is 15.0 Å². The second-order valence-corrected chi connectivity index (χ2v) is 2.95. The number of carbonyl (C=O) groups is 1. The third-order valence-corrected chi connectivity index (χ3v) is 2.19. The lowest BCUT2D eigenvalue weighted by atomic mass is 10.4. The average Bonchev–Trinajstić information content (AvgIpc) is 2.49. The molecule has 0 unspecified atom stereocenters. The van der Waals surface area contributed by atoms with Crippen LogP contribution in [0.4, 0.5) is 0 Å². The molecular weight excluding hydrogens is 176 g/mol. The summed E-state index contributed by atoms with van der Waals surface area (Å²) in [6.45, 7) is 0. The van der Waals surface area contributed by atoms with Gasteiger partial charge >= 0.3 is 0 Å². The number of nitrogens with zero attached hydrogens (tertiary/aromatic N) is 3. The normalized spacial score (nSPS) is 10.3. The van der Waals surface area contributed by atoms with Crippen LogP contribution in [0, 0.1) is 0 Å². The van der Waals surface area contributed by atoms with E-state index in [1.165, 1.54) is 17.7 Å². The maximum absolute atomic E-state index is 10.8. The zero-order valence-corrected chi connectivity index (χ0v) is 6.71. The second kappa shape index (κ2) is 2.49. The van der Waals surface area contributed by atoms with Crippen LogP contribution in [0.1, 0.15) is 10.5 Å². The van der Waals surface area contributed by atoms with Gasteiger partial charge < -0.3 is 5.73 Å². The fourth-order valence-electron chi connectivity index (χ4n) is 0.869. The summed E-state index contributed by atoms with van der Waals surface area (Å²) in [6, 6.07) is 0. The number of amides is 1. The van der Waals surface area contributed by atoms with Gasteiger partial charge in [-0.2, -0.15) is 0 Å². The van der Waals surface area contributed by atoms with E-state index in [-0.39, 0.29) is 5.69 Å². The minimum atomic E-state index is -0.549. The molecule has 2 N–H and O–H groups in total. The molecule has 1 amide bonds. The molecule has 0 saturated carbocycles. The standard InChI is InChI=1S/C6H4N4OS/c7-5(11)3-4-6(9-1-8-3)10-2-12-4/h1-2H,(H2,7,11). The van der Waals surface area contributed by atoms with Crippen LogP contribution in [-0.2, 0) is 0 Å². The lowest BCUT2D eigenvalue weighted by Gasteiger charge is -1.92. The van der Waals surface area contributed by atoms with Crippen molar-refractivity contribution in [3.63, 3.8) is 0 Å². The first-order chi connectivity index (χ1) is 5.79. The van der Waals surface area contributed by atoms with Gasteiger partial charge in [0.25, 0.3) is 5.91 Å². The first kappa shape index (κ1) is 7.11. The molecular formula is C6H4N4OS. The number of hydrogen-bond donors (Lipinski definition) is 1. The van der Waals surface area contributed by atoms with Gasteiger partial charge in [0, 0.05) is 0 Å². The number of hydrogen-bond acceptors (Lipinski definition) is 5. The van der Waals surface area contributed by atoms with Crippen molar-refractivity contribution >= 4 is 27.6 Å². The Morgan fingerprint density at radius 2 is 2.25 bits per heavy atom. The van der Waals surface area contributed by atoms with E-state index in [2.05, 4.69) is 15.0 Å². The molecule has 0 atom stereocenters. The van der Waals surface area contributed by atoms with Crippen LogP contribution in [0.2, 0.25) is 0 Å². The highest BCUT2D eigenvalue weighted by molar-refractivity contribution is 7.17. The van der Waals surface area contributed by atoms with E-state index in [0.29, 0.717) is 10.3 Å². The molecule has 12 heavy (non-hydrogen) atoms. The zero-order chi connectivity index (χ0) is 8.55. The fourth-order valence-corrected chi connectivity index (χ4v) is 1.60. The molecule has 0 radical (unpaired) electrons. The van der Waals surface area contributed by atoms with Crippen LogP contribution < -0.4 is 5.73 Å². The predicted octanol–water partition coefficient (Wildman–Crippen LogP) is 0.185. The Hall–Kier alpha value is -1.56. The highest BCUT2D eigenvalue weighted by Gasteiger charge is 2.09. The van der Waals surface area contributed by atoms with Crippen LogP contribution >= 0.6 is 11.3 Å². The van der Waals surface area contributed by atoms with E-state index in [0.717, 1.165) is 0 Å². The lowest BCUT2D eigenvalue weighted by Crippen LogP contribution is -2.13. The highest BCUT2D eigenvalue weighted by Crippen LogP contribution is 2.17. The minimum absolute atomic E-state index is 0.238. The molecule has 5 nitrogen and oxygen atoms in total. The summed E-state index contributed by atoms with van der Waals surface area (Å²) in [4.78, 5) is 22.4. The fraction of sp³-hybridized carbons (Fsp3) is 0. The summed E-state index contributed by atoms with van der Waals surface area (Å²) >= 11 is 1.31. The van der Waals surface area contributed by atoms with Crippen LogP contribution in [0.25, 0.3) is 10.3 Å². The van der Waals surface area contributed by atoms with Gasteiger partial charge in [-0.05, 0) is 0 Å². The summed E-state index contributed by atoms with van der Waals surface area (Å²) in [5.41, 5.74) is 7.45. The van der Waals surface area contributed by atoms with Crippen molar-refractivity contribution in [2.45, 2.75) is 0 Å². The summed E-state index contributed by atoms with van der Waals surface area (Å²) in [5.74, 6) is -0.549. The van der Waals surface area contributed by atoms with Crippen molar-refractivity contribution in [3.8, 4) is 0 Å². The molecule has 0 aliphatic carbocycles. The molecule has 2 rings (SSSR count). The van der Waals surface area contributed by atoms with Gasteiger partial charge in [-0.3, -0.25) is 4.79 Å². The summed E-state index contributed by atoms with van der Waals surface area (Å²) in [7, 11) is 0. The molecule has 0 spiro atoms. The summed E-state index contributed by atoms with van der Waals surface area (Å²) < 4.78 is 0.644. The predicted molar refractivity (Wildman–Crippen MR) is 43.7 cm³/mol. The van der Waals surface area contributed by atoms with Crippen molar-refractivity contribution in [2.75, 3.05) is 0 Å². The number of fused-ring (bicyclic) bond motifs is 1. The SMILES string of the molecule is NC(=O)c1ncnc2ncsc12. The summed E-state index contributed by atoms with van der Waals surface area (Å²) in [5, 5.41) is 0. The number of thiazole rings is 1. The van der Waals surface area contributed by atoms with Gasteiger partial charge in [0.05, 0.1) is 5.51 Å². The molecule has 6 heteroatoms. The minimum Gasteiger partial charge on any atom is -0.364 e. The van der Waals surface area contributed by atoms with Crippen LogP contribution in [0.3, 0.4) is 0 Å². The zero-order valence-electron chi connectivity index (χ0n) is 5.89. The van der Waals surface area contributed by atoms with E-state index in [1.807, 2.05) is 0 Å². The van der Waals surface area contributed by atoms with E-state index < -0.39 is 5.91 Å². The Morgan fingerprint density at radius 3 is 3.00 bits per heavy atom. The Labute approximate surface area is 71.3 Å². The topological polar surface area (TPSA) is 81.8 Å². The maximum Gasteiger partial charge on any atom is 0.268 e. The molecule has 2 heterocycles. The van der Waals surface area contributed by atoms with E-state index in [1.54, 1.807) is 5.51 Å². The molecule has 2 aromatic rings. The van der Waals surface area contributed by atoms with Crippen LogP contribution in [-0.4, -0.2) is 20.9 Å². The van der Waals surface area contributed by atoms with Crippen molar-refractivity contribution in [1.29, 1.82) is 0 Å². The number of aromatic nitrogens is 3. The van der Waals surface area contributed by atoms with Crippen LogP contribution in [0.5, 0.6) is 0 Å². The van der Waals surface area contributed by atoms with Gasteiger partial charge in [-0.15, -0.1) is 11.3 Å². The first-order valence-electron chi connectivity index (χ1n) is 3.13. The quantitative estimate of drug-likeness (QED) is 0.678. The van der Waals surface area contributed by atoms with Gasteiger partial charge in [0.1, 0.15) is 11.0 Å². The van der Waals surface area contributed by atoms with Crippen molar-refractivity contribution < 1.29 is 4.79 Å². The number of primary amides is 1. The van der Waals surface area contributed by atoms with E-state index >= 15 is 0 Å². The molecule has 0 aromatic carbocycles. The van der Waals surface area contributed by atoms with Gasteiger partial charge in [0.15, 0.2) is 11.3 Å². The maximum atomic E-state index is 10.8. The van der Waals surface area contributed by atoms with E-state index in [4.69, 9.17) is 5.73 Å². The van der Waals surface area contributed by atoms with Gasteiger partial charge in [0.2, 0.25) is 0 Å².